The minimum Gasteiger partial charge on any atom is -0.462 e. The van der Waals surface area contributed by atoms with Crippen LogP contribution < -0.4 is 0 Å². The Morgan fingerprint density at radius 3 is 1.13 bits per heavy atom. The van der Waals surface area contributed by atoms with Crippen molar-refractivity contribution >= 4 is 17.9 Å². The predicted molar refractivity (Wildman–Crippen MR) is 269 cm³/mol. The first-order valence-electron chi connectivity index (χ1n) is 24.8. The lowest BCUT2D eigenvalue weighted by atomic mass is 10.1. The molecule has 0 aliphatic rings. The third-order valence-corrected chi connectivity index (χ3v) is 9.79. The second-order valence-corrected chi connectivity index (χ2v) is 15.7. The van der Waals surface area contributed by atoms with E-state index in [1.54, 1.807) is 0 Å². The molecule has 0 aromatic rings. The number of carbonyl (C=O) groups is 3. The van der Waals surface area contributed by atoms with Crippen LogP contribution in [-0.2, 0) is 28.6 Å². The van der Waals surface area contributed by atoms with Gasteiger partial charge in [-0.05, 0) is 96.3 Å². The van der Waals surface area contributed by atoms with E-state index in [1.807, 2.05) is 60.8 Å². The first kappa shape index (κ1) is 58.6. The first-order chi connectivity index (χ1) is 31.0. The standard InChI is InChI=1S/C57H88O6/c1-4-7-10-13-16-19-21-23-25-27-28-30-31-33-35-38-41-44-47-50-56(59)62-53-54(52-61-55(58)49-46-43-40-37-18-15-12-9-6-3)63-57(60)51-48-45-42-39-36-34-32-29-26-24-22-20-17-14-11-8-5-2/h7-12,14,16-20,22-26,29,32,34,36-37,54H,4-6,13,15,21,27-28,30-31,33,35,38-53H2,1-3H3/b10-7-,11-8-,12-9-,17-14-,19-16-,22-20-,25-23-,26-24-,32-29+,36-34-,37-18-. The Morgan fingerprint density at radius 1 is 0.333 bits per heavy atom. The molecular weight excluding hydrogens is 781 g/mol. The lowest BCUT2D eigenvalue weighted by Crippen LogP contribution is -2.30. The molecule has 0 saturated heterocycles. The highest BCUT2D eigenvalue weighted by molar-refractivity contribution is 5.71. The largest absolute Gasteiger partial charge is 0.462 e. The molecule has 6 nitrogen and oxygen atoms in total. The molecule has 0 aliphatic carbocycles. The van der Waals surface area contributed by atoms with Crippen LogP contribution >= 0.6 is 0 Å². The summed E-state index contributed by atoms with van der Waals surface area (Å²) in [6.45, 7) is 6.16. The van der Waals surface area contributed by atoms with Crippen LogP contribution in [0.2, 0.25) is 0 Å². The van der Waals surface area contributed by atoms with Gasteiger partial charge in [-0.2, -0.15) is 0 Å². The van der Waals surface area contributed by atoms with E-state index >= 15 is 0 Å². The SMILES string of the molecule is CC\C=C/C=C\C=C/C=C\C=C\C=C/CCCCCC(=O)OC(COC(=O)CCCC/C=C\C/C=C\CC)COC(=O)CCCCCCCCCCC/C=C\C/C=C\C/C=C\CC. The number of ether oxygens (including phenoxy) is 3. The molecule has 1 atom stereocenters. The van der Waals surface area contributed by atoms with Gasteiger partial charge in [0.1, 0.15) is 13.2 Å². The van der Waals surface area contributed by atoms with Crippen LogP contribution in [0.3, 0.4) is 0 Å². The van der Waals surface area contributed by atoms with Crippen LogP contribution in [0.15, 0.2) is 134 Å². The van der Waals surface area contributed by atoms with Gasteiger partial charge >= 0.3 is 17.9 Å². The summed E-state index contributed by atoms with van der Waals surface area (Å²) in [5.74, 6) is -1.01. The van der Waals surface area contributed by atoms with Crippen LogP contribution in [-0.4, -0.2) is 37.2 Å². The Kier molecular flexibility index (Phi) is 46.7. The lowest BCUT2D eigenvalue weighted by molar-refractivity contribution is -0.167. The fraction of sp³-hybridized carbons (Fsp3) is 0.561. The fourth-order valence-corrected chi connectivity index (χ4v) is 6.17. The molecule has 0 aromatic carbocycles. The molecule has 63 heavy (non-hydrogen) atoms. The van der Waals surface area contributed by atoms with Crippen LogP contribution in [0.1, 0.15) is 188 Å². The summed E-state index contributed by atoms with van der Waals surface area (Å²) < 4.78 is 16.7. The van der Waals surface area contributed by atoms with Gasteiger partial charge in [0.25, 0.3) is 0 Å². The van der Waals surface area contributed by atoms with Gasteiger partial charge in [-0.15, -0.1) is 0 Å². The number of carbonyl (C=O) groups excluding carboxylic acids is 3. The molecule has 0 aliphatic heterocycles. The number of hydrogen-bond donors (Lipinski definition) is 0. The van der Waals surface area contributed by atoms with Crippen molar-refractivity contribution in [2.24, 2.45) is 0 Å². The highest BCUT2D eigenvalue weighted by Gasteiger charge is 2.19. The van der Waals surface area contributed by atoms with Gasteiger partial charge in [0, 0.05) is 19.3 Å². The monoisotopic (exact) mass is 869 g/mol. The van der Waals surface area contributed by atoms with Gasteiger partial charge in [-0.3, -0.25) is 14.4 Å². The molecule has 0 heterocycles. The van der Waals surface area contributed by atoms with Crippen molar-refractivity contribution in [3.05, 3.63) is 134 Å². The summed E-state index contributed by atoms with van der Waals surface area (Å²) in [4.78, 5) is 37.8. The molecule has 0 amide bonds. The molecule has 0 aromatic heterocycles. The summed E-state index contributed by atoms with van der Waals surface area (Å²) in [6, 6.07) is 0. The molecule has 0 rings (SSSR count). The zero-order valence-electron chi connectivity index (χ0n) is 40.0. The first-order valence-corrected chi connectivity index (χ1v) is 24.8. The minimum absolute atomic E-state index is 0.115. The fourth-order valence-electron chi connectivity index (χ4n) is 6.17. The van der Waals surface area contributed by atoms with Crippen molar-refractivity contribution in [1.29, 1.82) is 0 Å². The van der Waals surface area contributed by atoms with E-state index in [2.05, 4.69) is 93.7 Å². The third kappa shape index (κ3) is 48.4. The van der Waals surface area contributed by atoms with Crippen molar-refractivity contribution in [2.45, 2.75) is 194 Å². The highest BCUT2D eigenvalue weighted by Crippen LogP contribution is 2.13. The maximum atomic E-state index is 12.8. The van der Waals surface area contributed by atoms with Crippen LogP contribution in [0.4, 0.5) is 0 Å². The number of esters is 3. The number of rotatable bonds is 42. The molecule has 0 fully saturated rings. The van der Waals surface area contributed by atoms with E-state index in [9.17, 15) is 14.4 Å². The molecule has 0 radical (unpaired) electrons. The summed E-state index contributed by atoms with van der Waals surface area (Å²) in [6.07, 6.45) is 70.2. The Morgan fingerprint density at radius 2 is 0.651 bits per heavy atom. The normalized spacial score (nSPS) is 13.3. The van der Waals surface area contributed by atoms with Crippen LogP contribution in [0.25, 0.3) is 0 Å². The van der Waals surface area contributed by atoms with Crippen molar-refractivity contribution < 1.29 is 28.6 Å². The topological polar surface area (TPSA) is 78.9 Å². The average Bonchev–Trinajstić information content (AvgIpc) is 3.28. The quantitative estimate of drug-likeness (QED) is 0.0200. The molecule has 0 saturated carbocycles. The summed E-state index contributed by atoms with van der Waals surface area (Å²) in [5, 5.41) is 0. The number of allylic oxidation sites excluding steroid dienone is 22. The average molecular weight is 869 g/mol. The van der Waals surface area contributed by atoms with Gasteiger partial charge in [0.2, 0.25) is 0 Å². The lowest BCUT2D eigenvalue weighted by Gasteiger charge is -2.18. The van der Waals surface area contributed by atoms with Crippen molar-refractivity contribution in [1.82, 2.24) is 0 Å². The summed E-state index contributed by atoms with van der Waals surface area (Å²) in [7, 11) is 0. The third-order valence-electron chi connectivity index (χ3n) is 9.79. The van der Waals surface area contributed by atoms with Crippen molar-refractivity contribution in [3.63, 3.8) is 0 Å². The Labute approximate surface area is 385 Å². The van der Waals surface area contributed by atoms with Gasteiger partial charge in [0.15, 0.2) is 6.10 Å². The van der Waals surface area contributed by atoms with Crippen molar-refractivity contribution in [3.8, 4) is 0 Å². The Bertz CT molecular complexity index is 1420. The second kappa shape index (κ2) is 50.2. The van der Waals surface area contributed by atoms with Gasteiger partial charge in [0.05, 0.1) is 0 Å². The molecule has 0 N–H and O–H groups in total. The smallest absolute Gasteiger partial charge is 0.306 e. The van der Waals surface area contributed by atoms with Gasteiger partial charge in [-0.1, -0.05) is 206 Å². The van der Waals surface area contributed by atoms with E-state index < -0.39 is 6.10 Å². The van der Waals surface area contributed by atoms with Gasteiger partial charge in [-0.25, -0.2) is 0 Å². The van der Waals surface area contributed by atoms with Crippen LogP contribution in [0.5, 0.6) is 0 Å². The number of hydrogen-bond acceptors (Lipinski definition) is 6. The van der Waals surface area contributed by atoms with E-state index in [-0.39, 0.29) is 37.5 Å². The maximum absolute atomic E-state index is 12.8. The van der Waals surface area contributed by atoms with E-state index in [1.165, 1.54) is 38.5 Å². The zero-order chi connectivity index (χ0) is 45.8. The summed E-state index contributed by atoms with van der Waals surface area (Å²) >= 11 is 0. The Balaban J connectivity index is 4.46. The van der Waals surface area contributed by atoms with E-state index in [0.717, 1.165) is 103 Å². The van der Waals surface area contributed by atoms with E-state index in [4.69, 9.17) is 14.2 Å². The van der Waals surface area contributed by atoms with Crippen molar-refractivity contribution in [2.75, 3.05) is 13.2 Å². The summed E-state index contributed by atoms with van der Waals surface area (Å²) in [5.41, 5.74) is 0. The number of unbranched alkanes of at least 4 members (excludes halogenated alkanes) is 14. The second-order valence-electron chi connectivity index (χ2n) is 15.7. The highest BCUT2D eigenvalue weighted by atomic mass is 16.6. The Hall–Kier alpha value is -4.45. The zero-order valence-corrected chi connectivity index (χ0v) is 40.0. The minimum atomic E-state index is -0.820. The predicted octanol–water partition coefficient (Wildman–Crippen LogP) is 16.3. The van der Waals surface area contributed by atoms with E-state index in [0.29, 0.717) is 19.3 Å². The molecule has 0 spiro atoms. The molecule has 0 bridgehead atoms. The molecule has 6 heteroatoms. The molecular formula is C57H88O6. The van der Waals surface area contributed by atoms with Gasteiger partial charge < -0.3 is 14.2 Å². The molecule has 1 unspecified atom stereocenters. The van der Waals surface area contributed by atoms with Crippen LogP contribution in [0, 0.1) is 0 Å². The maximum Gasteiger partial charge on any atom is 0.306 e. The molecule has 352 valence electrons.